The summed E-state index contributed by atoms with van der Waals surface area (Å²) < 4.78 is 5.64. The van der Waals surface area contributed by atoms with Crippen molar-refractivity contribution in [1.82, 2.24) is 5.32 Å². The van der Waals surface area contributed by atoms with Gasteiger partial charge in [-0.1, -0.05) is 18.2 Å². The number of hydrogen-bond acceptors (Lipinski definition) is 3. The summed E-state index contributed by atoms with van der Waals surface area (Å²) in [7, 11) is 0. The smallest absolute Gasteiger partial charge is 0.236 e. The average molecular weight is 236 g/mol. The van der Waals surface area contributed by atoms with E-state index in [0.29, 0.717) is 13.2 Å². The average Bonchev–Trinajstić information content (AvgIpc) is 2.27. The number of ether oxygens (including phenoxy) is 1. The van der Waals surface area contributed by atoms with Gasteiger partial charge in [0.05, 0.1) is 12.6 Å². The van der Waals surface area contributed by atoms with E-state index in [1.165, 1.54) is 0 Å². The first-order chi connectivity index (χ1) is 8.02. The Hall–Kier alpha value is -1.55. The molecule has 0 saturated carbocycles. The number of carbonyl (C=O) groups is 1. The summed E-state index contributed by atoms with van der Waals surface area (Å²) in [5, 5.41) is 2.70. The highest BCUT2D eigenvalue weighted by atomic mass is 16.5. The van der Waals surface area contributed by atoms with E-state index in [-0.39, 0.29) is 5.91 Å². The Labute approximate surface area is 102 Å². The van der Waals surface area contributed by atoms with Crippen LogP contribution in [0.15, 0.2) is 18.2 Å². The first-order valence-corrected chi connectivity index (χ1v) is 5.74. The van der Waals surface area contributed by atoms with Gasteiger partial charge in [-0.05, 0) is 31.9 Å². The molecule has 0 radical (unpaired) electrons. The molecule has 17 heavy (non-hydrogen) atoms. The van der Waals surface area contributed by atoms with Crippen molar-refractivity contribution in [1.29, 1.82) is 0 Å². The molecule has 0 aliphatic rings. The lowest BCUT2D eigenvalue weighted by Gasteiger charge is -2.12. The fraction of sp³-hybridized carbons (Fsp3) is 0.462. The van der Waals surface area contributed by atoms with Crippen LogP contribution in [0.3, 0.4) is 0 Å². The molecule has 0 bridgehead atoms. The first-order valence-electron chi connectivity index (χ1n) is 5.74. The Bertz CT molecular complexity index is 369. The second-order valence-corrected chi connectivity index (χ2v) is 4.15. The Balaban J connectivity index is 2.39. The minimum Gasteiger partial charge on any atom is -0.491 e. The van der Waals surface area contributed by atoms with Gasteiger partial charge in [0, 0.05) is 0 Å². The maximum atomic E-state index is 11.2. The molecular weight excluding hydrogens is 216 g/mol. The van der Waals surface area contributed by atoms with Crippen LogP contribution >= 0.6 is 0 Å². The predicted molar refractivity (Wildman–Crippen MR) is 68.1 cm³/mol. The van der Waals surface area contributed by atoms with Crippen LogP contribution in [-0.2, 0) is 4.79 Å². The van der Waals surface area contributed by atoms with Crippen molar-refractivity contribution in [3.05, 3.63) is 29.3 Å². The molecule has 3 N–H and O–H groups in total. The van der Waals surface area contributed by atoms with Crippen molar-refractivity contribution in [3.63, 3.8) is 0 Å². The van der Waals surface area contributed by atoms with Crippen LogP contribution in [-0.4, -0.2) is 25.1 Å². The van der Waals surface area contributed by atoms with E-state index < -0.39 is 6.04 Å². The summed E-state index contributed by atoms with van der Waals surface area (Å²) >= 11 is 0. The highest BCUT2D eigenvalue weighted by Crippen LogP contribution is 2.21. The maximum Gasteiger partial charge on any atom is 0.236 e. The third kappa shape index (κ3) is 4.07. The number of amides is 1. The summed E-state index contributed by atoms with van der Waals surface area (Å²) in [5.74, 6) is 0.734. The molecule has 0 fully saturated rings. The second kappa shape index (κ2) is 6.25. The van der Waals surface area contributed by atoms with Crippen LogP contribution in [0.2, 0.25) is 0 Å². The second-order valence-electron chi connectivity index (χ2n) is 4.15. The van der Waals surface area contributed by atoms with Gasteiger partial charge in [-0.3, -0.25) is 4.79 Å². The van der Waals surface area contributed by atoms with E-state index >= 15 is 0 Å². The normalized spacial score (nSPS) is 12.0. The van der Waals surface area contributed by atoms with E-state index in [0.717, 1.165) is 16.9 Å². The Morgan fingerprint density at radius 3 is 2.53 bits per heavy atom. The van der Waals surface area contributed by atoms with E-state index in [9.17, 15) is 4.79 Å². The molecule has 1 amide bonds. The quantitative estimate of drug-likeness (QED) is 0.754. The number of rotatable bonds is 5. The molecule has 0 aliphatic heterocycles. The van der Waals surface area contributed by atoms with Gasteiger partial charge in [-0.2, -0.15) is 0 Å². The molecule has 1 unspecified atom stereocenters. The third-order valence-electron chi connectivity index (χ3n) is 2.47. The van der Waals surface area contributed by atoms with Crippen LogP contribution in [0, 0.1) is 13.8 Å². The van der Waals surface area contributed by atoms with Crippen LogP contribution in [0.5, 0.6) is 5.75 Å². The summed E-state index contributed by atoms with van der Waals surface area (Å²) in [6.45, 7) is 6.58. The predicted octanol–water partition coefficient (Wildman–Crippen LogP) is 1.15. The number of nitrogens with two attached hydrogens (primary N) is 1. The van der Waals surface area contributed by atoms with Gasteiger partial charge >= 0.3 is 0 Å². The van der Waals surface area contributed by atoms with Crippen LogP contribution < -0.4 is 15.8 Å². The number of hydrogen-bond donors (Lipinski definition) is 2. The van der Waals surface area contributed by atoms with Gasteiger partial charge in [0.15, 0.2) is 0 Å². The largest absolute Gasteiger partial charge is 0.491 e. The lowest BCUT2D eigenvalue weighted by molar-refractivity contribution is -0.122. The summed E-state index contributed by atoms with van der Waals surface area (Å²) in [5.41, 5.74) is 7.63. The lowest BCUT2D eigenvalue weighted by Crippen LogP contribution is -2.40. The molecule has 1 aromatic carbocycles. The molecule has 0 aliphatic carbocycles. The fourth-order valence-electron chi connectivity index (χ4n) is 1.52. The highest BCUT2D eigenvalue weighted by molar-refractivity contribution is 5.80. The molecular formula is C13H20N2O2. The highest BCUT2D eigenvalue weighted by Gasteiger charge is 2.06. The van der Waals surface area contributed by atoms with E-state index in [4.69, 9.17) is 10.5 Å². The van der Waals surface area contributed by atoms with Crippen molar-refractivity contribution in [2.75, 3.05) is 13.2 Å². The standard InChI is InChI=1S/C13H20N2O2/c1-9-5-4-6-10(2)12(9)17-8-7-15-13(16)11(3)14/h4-6,11H,7-8,14H2,1-3H3,(H,15,16). The zero-order valence-electron chi connectivity index (χ0n) is 10.6. The van der Waals surface area contributed by atoms with Crippen LogP contribution in [0.25, 0.3) is 0 Å². The molecule has 0 heterocycles. The molecule has 4 heteroatoms. The van der Waals surface area contributed by atoms with Crippen LogP contribution in [0.4, 0.5) is 0 Å². The molecule has 1 atom stereocenters. The van der Waals surface area contributed by atoms with Gasteiger partial charge in [-0.15, -0.1) is 0 Å². The van der Waals surface area contributed by atoms with Gasteiger partial charge < -0.3 is 15.8 Å². The Morgan fingerprint density at radius 1 is 1.41 bits per heavy atom. The lowest BCUT2D eigenvalue weighted by atomic mass is 10.1. The summed E-state index contributed by atoms with van der Waals surface area (Å²) in [4.78, 5) is 11.2. The van der Waals surface area contributed by atoms with E-state index in [2.05, 4.69) is 5.32 Å². The number of nitrogens with one attached hydrogen (secondary N) is 1. The van der Waals surface area contributed by atoms with Gasteiger partial charge in [0.25, 0.3) is 0 Å². The number of carbonyl (C=O) groups excluding carboxylic acids is 1. The van der Waals surface area contributed by atoms with E-state index in [1.54, 1.807) is 6.92 Å². The topological polar surface area (TPSA) is 64.3 Å². The molecule has 1 aromatic rings. The molecule has 0 saturated heterocycles. The molecule has 4 nitrogen and oxygen atoms in total. The van der Waals surface area contributed by atoms with E-state index in [1.807, 2.05) is 32.0 Å². The number of benzene rings is 1. The Kier molecular flexibility index (Phi) is 4.97. The molecule has 94 valence electrons. The monoisotopic (exact) mass is 236 g/mol. The zero-order chi connectivity index (χ0) is 12.8. The fourth-order valence-corrected chi connectivity index (χ4v) is 1.52. The molecule has 1 rings (SSSR count). The van der Waals surface area contributed by atoms with Crippen molar-refractivity contribution >= 4 is 5.91 Å². The third-order valence-corrected chi connectivity index (χ3v) is 2.47. The van der Waals surface area contributed by atoms with Crippen molar-refractivity contribution in [3.8, 4) is 5.75 Å². The summed E-state index contributed by atoms with van der Waals surface area (Å²) in [6.07, 6.45) is 0. The number of aryl methyl sites for hydroxylation is 2. The van der Waals surface area contributed by atoms with Crippen molar-refractivity contribution < 1.29 is 9.53 Å². The van der Waals surface area contributed by atoms with Crippen molar-refractivity contribution in [2.45, 2.75) is 26.8 Å². The molecule has 0 aromatic heterocycles. The summed E-state index contributed by atoms with van der Waals surface area (Å²) in [6, 6.07) is 5.52. The van der Waals surface area contributed by atoms with Crippen molar-refractivity contribution in [2.24, 2.45) is 5.73 Å². The minimum atomic E-state index is -0.477. The number of para-hydroxylation sites is 1. The Morgan fingerprint density at radius 2 is 2.00 bits per heavy atom. The minimum absolute atomic E-state index is 0.157. The van der Waals surface area contributed by atoms with Crippen LogP contribution in [0.1, 0.15) is 18.1 Å². The molecule has 0 spiro atoms. The van der Waals surface area contributed by atoms with Gasteiger partial charge in [0.1, 0.15) is 12.4 Å². The zero-order valence-corrected chi connectivity index (χ0v) is 10.6. The SMILES string of the molecule is Cc1cccc(C)c1OCCNC(=O)C(C)N. The van der Waals surface area contributed by atoms with Gasteiger partial charge in [-0.25, -0.2) is 0 Å². The maximum absolute atomic E-state index is 11.2. The first kappa shape index (κ1) is 13.5. The van der Waals surface area contributed by atoms with Gasteiger partial charge in [0.2, 0.25) is 5.91 Å².